The van der Waals surface area contributed by atoms with E-state index in [2.05, 4.69) is 18.8 Å². The first-order chi connectivity index (χ1) is 12.6. The number of nitrogens with zero attached hydrogens (tertiary/aromatic N) is 3. The van der Waals surface area contributed by atoms with Crippen molar-refractivity contribution < 1.29 is 14.3 Å². The van der Waals surface area contributed by atoms with Gasteiger partial charge in [-0.3, -0.25) is 9.69 Å². The van der Waals surface area contributed by atoms with Gasteiger partial charge in [0.25, 0.3) is 0 Å². The molecule has 0 aromatic carbocycles. The van der Waals surface area contributed by atoms with Crippen LogP contribution in [0.1, 0.15) is 72.4 Å². The van der Waals surface area contributed by atoms with Gasteiger partial charge in [0.05, 0.1) is 6.04 Å². The van der Waals surface area contributed by atoms with Gasteiger partial charge in [-0.1, -0.05) is 19.9 Å². The van der Waals surface area contributed by atoms with Crippen molar-refractivity contribution in [1.29, 1.82) is 0 Å². The van der Waals surface area contributed by atoms with E-state index in [0.717, 1.165) is 31.4 Å². The molecule has 0 radical (unpaired) electrons. The lowest BCUT2D eigenvalue weighted by Gasteiger charge is -2.35. The Morgan fingerprint density at radius 3 is 2.52 bits per heavy atom. The second-order valence-electron chi connectivity index (χ2n) is 8.66. The second-order valence-corrected chi connectivity index (χ2v) is 8.66. The van der Waals surface area contributed by atoms with E-state index in [9.17, 15) is 9.59 Å². The molecular weight excluding hydrogens is 342 g/mol. The molecule has 1 fully saturated rings. The molecule has 2 amide bonds. The van der Waals surface area contributed by atoms with Crippen molar-refractivity contribution in [1.82, 2.24) is 9.88 Å². The standard InChI is InChI=1S/C21H33N3O3/c1-15(2)14-24(20(26)27-21(4,5)6)19-11-10-17(13-22-19)18-9-7-8-12-23(18)16(3)25/h10-11,13,15,18H,7-9,12,14H2,1-6H3. The van der Waals surface area contributed by atoms with Crippen LogP contribution in [-0.2, 0) is 9.53 Å². The third-order valence-corrected chi connectivity index (χ3v) is 4.50. The van der Waals surface area contributed by atoms with Crippen molar-refractivity contribution in [3.05, 3.63) is 23.9 Å². The summed E-state index contributed by atoms with van der Waals surface area (Å²) < 4.78 is 5.54. The first kappa shape index (κ1) is 21.2. The van der Waals surface area contributed by atoms with Crippen LogP contribution in [0.25, 0.3) is 0 Å². The van der Waals surface area contributed by atoms with Gasteiger partial charge in [0.1, 0.15) is 11.4 Å². The minimum absolute atomic E-state index is 0.0675. The highest BCUT2D eigenvalue weighted by Gasteiger charge is 2.28. The quantitative estimate of drug-likeness (QED) is 0.774. The van der Waals surface area contributed by atoms with Crippen molar-refractivity contribution in [2.75, 3.05) is 18.0 Å². The fourth-order valence-electron chi connectivity index (χ4n) is 3.35. The Labute approximate surface area is 162 Å². The van der Waals surface area contributed by atoms with Crippen molar-refractivity contribution in [3.8, 4) is 0 Å². The maximum absolute atomic E-state index is 12.6. The van der Waals surface area contributed by atoms with E-state index in [-0.39, 0.29) is 24.0 Å². The third kappa shape index (κ3) is 5.94. The zero-order valence-corrected chi connectivity index (χ0v) is 17.5. The van der Waals surface area contributed by atoms with E-state index < -0.39 is 5.60 Å². The number of amides is 2. The van der Waals surface area contributed by atoms with Gasteiger partial charge in [0.2, 0.25) is 5.91 Å². The molecule has 0 bridgehead atoms. The SMILES string of the molecule is CC(=O)N1CCCCC1c1ccc(N(CC(C)C)C(=O)OC(C)(C)C)nc1. The normalized spacial score (nSPS) is 17.7. The second kappa shape index (κ2) is 8.72. The first-order valence-corrected chi connectivity index (χ1v) is 9.82. The highest BCUT2D eigenvalue weighted by Crippen LogP contribution is 2.31. The van der Waals surface area contributed by atoms with Crippen LogP contribution in [0.2, 0.25) is 0 Å². The fourth-order valence-corrected chi connectivity index (χ4v) is 3.35. The highest BCUT2D eigenvalue weighted by molar-refractivity contribution is 5.86. The Morgan fingerprint density at radius 1 is 1.30 bits per heavy atom. The van der Waals surface area contributed by atoms with Crippen molar-refractivity contribution in [2.45, 2.75) is 72.4 Å². The van der Waals surface area contributed by atoms with Crippen LogP contribution in [0.3, 0.4) is 0 Å². The van der Waals surface area contributed by atoms with E-state index in [4.69, 9.17) is 4.74 Å². The highest BCUT2D eigenvalue weighted by atomic mass is 16.6. The summed E-state index contributed by atoms with van der Waals surface area (Å²) >= 11 is 0. The number of pyridine rings is 1. The molecule has 1 aromatic heterocycles. The molecule has 1 atom stereocenters. The number of rotatable bonds is 4. The summed E-state index contributed by atoms with van der Waals surface area (Å²) in [6.45, 7) is 12.6. The molecule has 27 heavy (non-hydrogen) atoms. The number of carbonyl (C=O) groups excluding carboxylic acids is 2. The van der Waals surface area contributed by atoms with Crippen LogP contribution in [0.5, 0.6) is 0 Å². The average Bonchev–Trinajstić information content (AvgIpc) is 2.58. The summed E-state index contributed by atoms with van der Waals surface area (Å²) in [5.41, 5.74) is 0.457. The zero-order valence-electron chi connectivity index (χ0n) is 17.5. The van der Waals surface area contributed by atoms with Gasteiger partial charge >= 0.3 is 6.09 Å². The van der Waals surface area contributed by atoms with Gasteiger partial charge in [-0.2, -0.15) is 0 Å². The lowest BCUT2D eigenvalue weighted by Crippen LogP contribution is -2.39. The number of aromatic nitrogens is 1. The Hall–Kier alpha value is -2.11. The van der Waals surface area contributed by atoms with Gasteiger partial charge < -0.3 is 9.64 Å². The summed E-state index contributed by atoms with van der Waals surface area (Å²) in [6.07, 6.45) is 4.50. The molecule has 2 heterocycles. The lowest BCUT2D eigenvalue weighted by atomic mass is 9.96. The predicted molar refractivity (Wildman–Crippen MR) is 107 cm³/mol. The van der Waals surface area contributed by atoms with Crippen molar-refractivity contribution >= 4 is 17.8 Å². The molecule has 0 N–H and O–H groups in total. The van der Waals surface area contributed by atoms with E-state index in [1.54, 1.807) is 18.0 Å². The molecule has 150 valence electrons. The van der Waals surface area contributed by atoms with Gasteiger partial charge in [-0.05, 0) is 57.6 Å². The molecule has 1 aromatic rings. The smallest absolute Gasteiger partial charge is 0.416 e. The Bertz CT molecular complexity index is 650. The number of carbonyl (C=O) groups is 2. The van der Waals surface area contributed by atoms with Crippen molar-refractivity contribution in [3.63, 3.8) is 0 Å². The summed E-state index contributed by atoms with van der Waals surface area (Å²) in [4.78, 5) is 32.6. The average molecular weight is 376 g/mol. The van der Waals surface area contributed by atoms with Crippen LogP contribution >= 0.6 is 0 Å². The lowest BCUT2D eigenvalue weighted by molar-refractivity contribution is -0.132. The maximum atomic E-state index is 12.6. The molecule has 1 aliphatic heterocycles. The summed E-state index contributed by atoms with van der Waals surface area (Å²) in [6, 6.07) is 3.90. The number of hydrogen-bond acceptors (Lipinski definition) is 4. The van der Waals surface area contributed by atoms with Crippen LogP contribution in [0.15, 0.2) is 18.3 Å². The van der Waals surface area contributed by atoms with E-state index in [0.29, 0.717) is 12.4 Å². The molecule has 6 heteroatoms. The summed E-state index contributed by atoms with van der Waals surface area (Å²) in [7, 11) is 0. The molecule has 1 unspecified atom stereocenters. The third-order valence-electron chi connectivity index (χ3n) is 4.50. The van der Waals surface area contributed by atoms with Crippen LogP contribution in [-0.4, -0.2) is 40.6 Å². The largest absolute Gasteiger partial charge is 0.443 e. The fraction of sp³-hybridized carbons (Fsp3) is 0.667. The number of piperidine rings is 1. The monoisotopic (exact) mass is 375 g/mol. The Kier molecular flexibility index (Phi) is 6.84. The van der Waals surface area contributed by atoms with Gasteiger partial charge in [0, 0.05) is 26.2 Å². The molecule has 0 spiro atoms. The minimum atomic E-state index is -0.559. The molecule has 1 aliphatic rings. The number of ether oxygens (including phenoxy) is 1. The van der Waals surface area contributed by atoms with E-state index >= 15 is 0 Å². The topological polar surface area (TPSA) is 62.7 Å². The van der Waals surface area contributed by atoms with Gasteiger partial charge in [0.15, 0.2) is 0 Å². The molecule has 0 saturated carbocycles. The maximum Gasteiger partial charge on any atom is 0.416 e. The molecule has 6 nitrogen and oxygen atoms in total. The van der Waals surface area contributed by atoms with Gasteiger partial charge in [-0.15, -0.1) is 0 Å². The van der Waals surface area contributed by atoms with Crippen LogP contribution in [0.4, 0.5) is 10.6 Å². The number of anilines is 1. The Balaban J connectivity index is 2.23. The molecule has 2 rings (SSSR count). The predicted octanol–water partition coefficient (Wildman–Crippen LogP) is 4.55. The molecule has 1 saturated heterocycles. The van der Waals surface area contributed by atoms with Crippen molar-refractivity contribution in [2.24, 2.45) is 5.92 Å². The van der Waals surface area contributed by atoms with E-state index in [1.165, 1.54) is 0 Å². The van der Waals surface area contributed by atoms with Gasteiger partial charge in [-0.25, -0.2) is 9.78 Å². The first-order valence-electron chi connectivity index (χ1n) is 9.82. The number of likely N-dealkylation sites (tertiary alicyclic amines) is 1. The van der Waals surface area contributed by atoms with Crippen LogP contribution < -0.4 is 4.90 Å². The molecular formula is C21H33N3O3. The summed E-state index contributed by atoms with van der Waals surface area (Å²) in [5.74, 6) is 0.955. The minimum Gasteiger partial charge on any atom is -0.443 e. The number of hydrogen-bond donors (Lipinski definition) is 0. The van der Waals surface area contributed by atoms with Crippen LogP contribution in [0, 0.1) is 5.92 Å². The molecule has 0 aliphatic carbocycles. The zero-order chi connectivity index (χ0) is 20.2. The Morgan fingerprint density at radius 2 is 2.00 bits per heavy atom. The van der Waals surface area contributed by atoms with E-state index in [1.807, 2.05) is 37.8 Å². The summed E-state index contributed by atoms with van der Waals surface area (Å²) in [5, 5.41) is 0.